The molecule has 0 bridgehead atoms. The van der Waals surface area contributed by atoms with Crippen molar-refractivity contribution in [1.29, 1.82) is 0 Å². The molecule has 0 fully saturated rings. The number of methoxy groups -OCH3 is 3. The summed E-state index contributed by atoms with van der Waals surface area (Å²) in [5.74, 6) is -0.342. The van der Waals surface area contributed by atoms with Crippen LogP contribution in [0.15, 0.2) is 42.5 Å². The van der Waals surface area contributed by atoms with Gasteiger partial charge in [0.15, 0.2) is 5.82 Å². The van der Waals surface area contributed by atoms with Crippen LogP contribution in [0.4, 0.5) is 22.0 Å². The van der Waals surface area contributed by atoms with E-state index in [9.17, 15) is 14.4 Å². The van der Waals surface area contributed by atoms with Gasteiger partial charge in [0, 0.05) is 30.7 Å². The van der Waals surface area contributed by atoms with E-state index < -0.39 is 12.1 Å². The number of hydrogen-bond acceptors (Lipinski definition) is 8. The van der Waals surface area contributed by atoms with Crippen molar-refractivity contribution in [3.8, 4) is 5.75 Å². The Morgan fingerprint density at radius 1 is 0.970 bits per heavy atom. The predicted molar refractivity (Wildman–Crippen MR) is 124 cm³/mol. The van der Waals surface area contributed by atoms with Crippen LogP contribution in [0.25, 0.3) is 10.9 Å². The Bertz CT molecular complexity index is 1210. The Morgan fingerprint density at radius 2 is 1.67 bits per heavy atom. The number of ether oxygens (including phenoxy) is 3. The topological polar surface area (TPSA) is 119 Å². The zero-order valence-electron chi connectivity index (χ0n) is 18.9. The molecule has 3 rings (SSSR count). The highest BCUT2D eigenvalue weighted by Crippen LogP contribution is 2.36. The lowest BCUT2D eigenvalue weighted by molar-refractivity contribution is 0.0602. The van der Waals surface area contributed by atoms with E-state index in [1.54, 1.807) is 49.6 Å². The molecule has 1 aromatic heterocycles. The lowest BCUT2D eigenvalue weighted by Gasteiger charge is -2.22. The summed E-state index contributed by atoms with van der Waals surface area (Å²) in [7, 11) is 6.97. The number of anilines is 3. The highest BCUT2D eigenvalue weighted by atomic mass is 16.5. The number of nitrogens with one attached hydrogen (secondary N) is 2. The molecule has 2 N–H and O–H groups in total. The summed E-state index contributed by atoms with van der Waals surface area (Å²) in [5, 5.41) is 6.27. The summed E-state index contributed by atoms with van der Waals surface area (Å²) in [6.45, 7) is 0. The van der Waals surface area contributed by atoms with Gasteiger partial charge in [-0.3, -0.25) is 9.69 Å². The lowest BCUT2D eigenvalue weighted by atomic mass is 10.0. The summed E-state index contributed by atoms with van der Waals surface area (Å²) in [5.41, 5.74) is 1.76. The summed E-state index contributed by atoms with van der Waals surface area (Å²) in [6, 6.07) is 11.9. The second-order valence-electron chi connectivity index (χ2n) is 6.87. The molecule has 1 heterocycles. The highest BCUT2D eigenvalue weighted by molar-refractivity contribution is 6.13. The number of benzene rings is 2. The fourth-order valence-electron chi connectivity index (χ4n) is 3.25. The molecule has 0 atom stereocenters. The first kappa shape index (κ1) is 23.3. The van der Waals surface area contributed by atoms with Gasteiger partial charge in [-0.2, -0.15) is 0 Å². The van der Waals surface area contributed by atoms with E-state index in [2.05, 4.69) is 15.6 Å². The maximum Gasteiger partial charge on any atom is 0.414 e. The van der Waals surface area contributed by atoms with Crippen LogP contribution in [-0.4, -0.2) is 58.4 Å². The molecule has 0 aliphatic rings. The van der Waals surface area contributed by atoms with Gasteiger partial charge in [0.1, 0.15) is 11.3 Å². The van der Waals surface area contributed by atoms with Crippen LogP contribution in [0.1, 0.15) is 20.7 Å². The average Bonchev–Trinajstić information content (AvgIpc) is 2.86. The number of esters is 1. The van der Waals surface area contributed by atoms with Crippen molar-refractivity contribution < 1.29 is 28.6 Å². The molecule has 0 aliphatic carbocycles. The fourth-order valence-corrected chi connectivity index (χ4v) is 3.25. The van der Waals surface area contributed by atoms with Crippen LogP contribution in [0.2, 0.25) is 0 Å². The second kappa shape index (κ2) is 9.86. The summed E-state index contributed by atoms with van der Waals surface area (Å²) < 4.78 is 15.0. The third-order valence-corrected chi connectivity index (χ3v) is 4.97. The number of aromatic nitrogens is 1. The van der Waals surface area contributed by atoms with Gasteiger partial charge in [-0.15, -0.1) is 0 Å². The standard InChI is InChI=1S/C23H24N4O6/c1-24-21(28)13-6-11-17-16(12-13)19(25-14-7-9-15(31-3)10-8-14)18(22(29)32-4)20(26-17)27(2)23(30)33-5/h6-12H,1-5H3,(H,24,28)(H,25,26). The molecule has 0 aliphatic heterocycles. The monoisotopic (exact) mass is 452 g/mol. The van der Waals surface area contributed by atoms with Crippen molar-refractivity contribution in [2.75, 3.05) is 45.6 Å². The number of nitrogens with zero attached hydrogens (tertiary/aromatic N) is 2. The normalized spacial score (nSPS) is 10.3. The molecule has 0 saturated heterocycles. The van der Waals surface area contributed by atoms with Crippen LogP contribution < -0.4 is 20.3 Å². The Hall–Kier alpha value is -4.34. The lowest BCUT2D eigenvalue weighted by Crippen LogP contribution is -2.29. The molecule has 0 unspecified atom stereocenters. The molecule has 10 heteroatoms. The van der Waals surface area contributed by atoms with Gasteiger partial charge in [-0.25, -0.2) is 14.6 Å². The number of carbonyl (C=O) groups is 3. The Morgan fingerprint density at radius 3 is 2.24 bits per heavy atom. The highest BCUT2D eigenvalue weighted by Gasteiger charge is 2.28. The first-order chi connectivity index (χ1) is 15.8. The maximum absolute atomic E-state index is 12.9. The Balaban J connectivity index is 2.34. The smallest absolute Gasteiger partial charge is 0.414 e. The van der Waals surface area contributed by atoms with E-state index in [0.717, 1.165) is 4.90 Å². The molecule has 0 saturated carbocycles. The van der Waals surface area contributed by atoms with Crippen molar-refractivity contribution >= 4 is 46.1 Å². The van der Waals surface area contributed by atoms with Gasteiger partial charge >= 0.3 is 12.1 Å². The zero-order chi connectivity index (χ0) is 24.1. The third kappa shape index (κ3) is 4.64. The van der Waals surface area contributed by atoms with Crippen molar-refractivity contribution in [1.82, 2.24) is 10.3 Å². The van der Waals surface area contributed by atoms with Crippen molar-refractivity contribution in [3.63, 3.8) is 0 Å². The van der Waals surface area contributed by atoms with Gasteiger partial charge in [-0.1, -0.05) is 0 Å². The van der Waals surface area contributed by atoms with Crippen LogP contribution in [0, 0.1) is 0 Å². The summed E-state index contributed by atoms with van der Waals surface area (Å²) in [4.78, 5) is 43.0. The number of pyridine rings is 1. The largest absolute Gasteiger partial charge is 0.497 e. The molecule has 0 spiro atoms. The average molecular weight is 452 g/mol. The zero-order valence-corrected chi connectivity index (χ0v) is 18.9. The quantitative estimate of drug-likeness (QED) is 0.547. The molecule has 2 aromatic carbocycles. The molecule has 2 amide bonds. The third-order valence-electron chi connectivity index (χ3n) is 4.97. The van der Waals surface area contributed by atoms with E-state index in [4.69, 9.17) is 14.2 Å². The number of amides is 2. The molecular weight excluding hydrogens is 428 g/mol. The van der Waals surface area contributed by atoms with Gasteiger partial charge in [0.2, 0.25) is 0 Å². The van der Waals surface area contributed by atoms with E-state index in [-0.39, 0.29) is 17.3 Å². The van der Waals surface area contributed by atoms with Crippen LogP contribution in [-0.2, 0) is 9.47 Å². The van der Waals surface area contributed by atoms with Crippen molar-refractivity contribution in [3.05, 3.63) is 53.6 Å². The molecule has 172 valence electrons. The van der Waals surface area contributed by atoms with Gasteiger partial charge in [-0.05, 0) is 42.5 Å². The maximum atomic E-state index is 12.9. The molecule has 10 nitrogen and oxygen atoms in total. The van der Waals surface area contributed by atoms with Crippen molar-refractivity contribution in [2.45, 2.75) is 0 Å². The summed E-state index contributed by atoms with van der Waals surface area (Å²) in [6.07, 6.45) is -0.718. The molecule has 3 aromatic rings. The molecular formula is C23H24N4O6. The van der Waals surface area contributed by atoms with Gasteiger partial charge in [0.05, 0.1) is 32.5 Å². The van der Waals surface area contributed by atoms with E-state index >= 15 is 0 Å². The van der Waals surface area contributed by atoms with E-state index in [0.29, 0.717) is 33.6 Å². The van der Waals surface area contributed by atoms with Gasteiger partial charge < -0.3 is 24.8 Å². The number of carbonyl (C=O) groups excluding carboxylic acids is 3. The van der Waals surface area contributed by atoms with Gasteiger partial charge in [0.25, 0.3) is 5.91 Å². The summed E-state index contributed by atoms with van der Waals surface area (Å²) >= 11 is 0. The number of hydrogen-bond donors (Lipinski definition) is 2. The van der Waals surface area contributed by atoms with Crippen LogP contribution in [0.3, 0.4) is 0 Å². The minimum absolute atomic E-state index is 0.00257. The number of rotatable bonds is 6. The fraction of sp³-hybridized carbons (Fsp3) is 0.217. The molecule has 0 radical (unpaired) electrons. The minimum Gasteiger partial charge on any atom is -0.497 e. The molecule has 33 heavy (non-hydrogen) atoms. The van der Waals surface area contributed by atoms with E-state index in [1.807, 2.05) is 0 Å². The Labute approximate surface area is 190 Å². The van der Waals surface area contributed by atoms with Crippen molar-refractivity contribution in [2.24, 2.45) is 0 Å². The Kier molecular flexibility index (Phi) is 6.97. The first-order valence-corrected chi connectivity index (χ1v) is 9.85. The predicted octanol–water partition coefficient (Wildman–Crippen LogP) is 3.34. The number of fused-ring (bicyclic) bond motifs is 1. The first-order valence-electron chi connectivity index (χ1n) is 9.85. The second-order valence-corrected chi connectivity index (χ2v) is 6.87. The van der Waals surface area contributed by atoms with Crippen LogP contribution >= 0.6 is 0 Å². The van der Waals surface area contributed by atoms with Crippen LogP contribution in [0.5, 0.6) is 5.75 Å². The SMILES string of the molecule is CNC(=O)c1ccc2nc(N(C)C(=O)OC)c(C(=O)OC)c(Nc3ccc(OC)cc3)c2c1. The minimum atomic E-state index is -0.725. The van der Waals surface area contributed by atoms with E-state index in [1.165, 1.54) is 28.3 Å².